The number of nitrogens with zero attached hydrogens (tertiary/aromatic N) is 4. The number of carbonyl (C=O) groups is 1. The molecule has 7 heteroatoms. The van der Waals surface area contributed by atoms with Gasteiger partial charge in [-0.05, 0) is 59.1 Å². The summed E-state index contributed by atoms with van der Waals surface area (Å²) in [7, 11) is 0. The maximum atomic E-state index is 13.3. The van der Waals surface area contributed by atoms with Gasteiger partial charge in [0.1, 0.15) is 11.1 Å². The molecule has 3 heterocycles. The Morgan fingerprint density at radius 2 is 2.10 bits per heavy atom. The lowest BCUT2D eigenvalue weighted by Crippen LogP contribution is -2.23. The van der Waals surface area contributed by atoms with Crippen molar-refractivity contribution in [1.82, 2.24) is 14.8 Å². The molecule has 0 unspecified atom stereocenters. The third kappa shape index (κ3) is 3.53. The zero-order chi connectivity index (χ0) is 20.9. The van der Waals surface area contributed by atoms with Crippen LogP contribution in [-0.2, 0) is 12.0 Å². The van der Waals surface area contributed by atoms with Crippen molar-refractivity contribution >= 4 is 33.3 Å². The van der Waals surface area contributed by atoms with Crippen molar-refractivity contribution in [3.63, 3.8) is 0 Å². The molecule has 0 saturated heterocycles. The van der Waals surface area contributed by atoms with E-state index in [-0.39, 0.29) is 11.4 Å². The van der Waals surface area contributed by atoms with Crippen LogP contribution in [0.2, 0.25) is 0 Å². The molecule has 0 spiro atoms. The Kier molecular flexibility index (Phi) is 4.70. The Balaban J connectivity index is 1.84. The molecule has 6 nitrogen and oxygen atoms in total. The van der Waals surface area contributed by atoms with Crippen LogP contribution in [0.4, 0.5) is 5.00 Å². The van der Waals surface area contributed by atoms with Gasteiger partial charge in [-0.25, -0.2) is 9.67 Å². The third-order valence-corrected chi connectivity index (χ3v) is 6.38. The highest BCUT2D eigenvalue weighted by Gasteiger charge is 2.30. The minimum absolute atomic E-state index is 0.211. The van der Waals surface area contributed by atoms with Crippen molar-refractivity contribution in [2.45, 2.75) is 65.3 Å². The van der Waals surface area contributed by atoms with E-state index >= 15 is 0 Å². The maximum absolute atomic E-state index is 13.3. The van der Waals surface area contributed by atoms with Crippen LogP contribution >= 0.6 is 11.3 Å². The van der Waals surface area contributed by atoms with Crippen LogP contribution in [0, 0.1) is 18.3 Å². The van der Waals surface area contributed by atoms with Gasteiger partial charge in [0.05, 0.1) is 27.7 Å². The van der Waals surface area contributed by atoms with Gasteiger partial charge in [0.15, 0.2) is 5.65 Å². The van der Waals surface area contributed by atoms with E-state index in [1.165, 1.54) is 11.3 Å². The third-order valence-electron chi connectivity index (χ3n) is 5.19. The number of amides is 1. The minimum atomic E-state index is -0.243. The highest BCUT2D eigenvalue weighted by molar-refractivity contribution is 7.16. The molecule has 1 aliphatic rings. The first-order chi connectivity index (χ1) is 13.7. The average Bonchev–Trinajstić information content (AvgIpc) is 3.36. The van der Waals surface area contributed by atoms with E-state index < -0.39 is 0 Å². The molecule has 0 aromatic carbocycles. The van der Waals surface area contributed by atoms with E-state index in [1.54, 1.807) is 0 Å². The van der Waals surface area contributed by atoms with Gasteiger partial charge >= 0.3 is 0 Å². The number of anilines is 1. The summed E-state index contributed by atoms with van der Waals surface area (Å²) in [5, 5.41) is 18.5. The monoisotopic (exact) mass is 407 g/mol. The quantitative estimate of drug-likeness (QED) is 0.650. The molecule has 150 valence electrons. The first-order valence-corrected chi connectivity index (χ1v) is 10.8. The topological polar surface area (TPSA) is 83.6 Å². The number of pyridine rings is 1. The normalized spacial score (nSPS) is 14.2. The van der Waals surface area contributed by atoms with Crippen molar-refractivity contribution in [3.05, 3.63) is 39.5 Å². The van der Waals surface area contributed by atoms with Crippen LogP contribution in [0.25, 0.3) is 11.0 Å². The van der Waals surface area contributed by atoms with Crippen LogP contribution in [0.3, 0.4) is 0 Å². The Bertz CT molecular complexity index is 1150. The predicted octanol–water partition coefficient (Wildman–Crippen LogP) is 5.12. The van der Waals surface area contributed by atoms with E-state index in [2.05, 4.69) is 32.2 Å². The molecule has 1 saturated carbocycles. The fourth-order valence-corrected chi connectivity index (χ4v) is 4.45. The molecule has 0 radical (unpaired) electrons. The Morgan fingerprint density at radius 3 is 2.69 bits per heavy atom. The number of aromatic nitrogens is 3. The van der Waals surface area contributed by atoms with Gasteiger partial charge in [-0.2, -0.15) is 10.4 Å². The number of nitrogens with one attached hydrogen (secondary N) is 1. The molecule has 1 N–H and O–H groups in total. The first kappa shape index (κ1) is 19.6. The molecule has 29 heavy (non-hydrogen) atoms. The van der Waals surface area contributed by atoms with Gasteiger partial charge < -0.3 is 5.32 Å². The summed E-state index contributed by atoms with van der Waals surface area (Å²) >= 11 is 1.46. The standard InChI is InChI=1S/C22H25N5OS/c1-6-15-9-14(11-23)21(29-15)25-20(28)16-10-17(13-7-8-13)24-19-18(16)12(2)26-27(19)22(3,4)5/h9-10,13H,6-8H2,1-5H3,(H,25,28). The summed E-state index contributed by atoms with van der Waals surface area (Å²) in [4.78, 5) is 19.3. The molecule has 0 atom stereocenters. The van der Waals surface area contributed by atoms with Crippen LogP contribution < -0.4 is 5.32 Å². The van der Waals surface area contributed by atoms with E-state index in [0.717, 1.165) is 46.6 Å². The van der Waals surface area contributed by atoms with Gasteiger partial charge in [-0.15, -0.1) is 11.3 Å². The summed E-state index contributed by atoms with van der Waals surface area (Å²) < 4.78 is 1.92. The number of fused-ring (bicyclic) bond motifs is 1. The number of thiophene rings is 1. The number of nitriles is 1. The van der Waals surface area contributed by atoms with Gasteiger partial charge in [-0.3, -0.25) is 4.79 Å². The molecule has 0 bridgehead atoms. The zero-order valence-electron chi connectivity index (χ0n) is 17.5. The van der Waals surface area contributed by atoms with Crippen LogP contribution in [0.5, 0.6) is 0 Å². The van der Waals surface area contributed by atoms with Crippen LogP contribution in [0.15, 0.2) is 12.1 Å². The van der Waals surface area contributed by atoms with Crippen molar-refractivity contribution in [2.75, 3.05) is 5.32 Å². The molecule has 3 aromatic heterocycles. The second kappa shape index (κ2) is 6.96. The molecule has 4 rings (SSSR count). The van der Waals surface area contributed by atoms with Gasteiger partial charge in [0, 0.05) is 16.5 Å². The van der Waals surface area contributed by atoms with Gasteiger partial charge in [0.25, 0.3) is 5.91 Å². The number of aryl methyl sites for hydroxylation is 2. The Labute approximate surface area is 174 Å². The van der Waals surface area contributed by atoms with Crippen molar-refractivity contribution in [3.8, 4) is 6.07 Å². The van der Waals surface area contributed by atoms with Gasteiger partial charge in [-0.1, -0.05) is 6.92 Å². The van der Waals surface area contributed by atoms with E-state index in [0.29, 0.717) is 22.0 Å². The summed E-state index contributed by atoms with van der Waals surface area (Å²) in [5.41, 5.74) is 3.35. The van der Waals surface area contributed by atoms with Crippen molar-refractivity contribution in [1.29, 1.82) is 5.26 Å². The van der Waals surface area contributed by atoms with Crippen LogP contribution in [0.1, 0.15) is 78.6 Å². The van der Waals surface area contributed by atoms with E-state index in [1.807, 2.05) is 30.7 Å². The number of hydrogen-bond donors (Lipinski definition) is 1. The van der Waals surface area contributed by atoms with Crippen molar-refractivity contribution in [2.24, 2.45) is 0 Å². The summed E-state index contributed by atoms with van der Waals surface area (Å²) in [5.74, 6) is 0.203. The highest BCUT2D eigenvalue weighted by Crippen LogP contribution is 2.41. The first-order valence-electron chi connectivity index (χ1n) is 9.97. The molecule has 1 aliphatic carbocycles. The van der Waals surface area contributed by atoms with E-state index in [4.69, 9.17) is 10.1 Å². The second-order valence-electron chi connectivity index (χ2n) is 8.61. The highest BCUT2D eigenvalue weighted by atomic mass is 32.1. The lowest BCUT2D eigenvalue weighted by atomic mass is 10.1. The second-order valence-corrected chi connectivity index (χ2v) is 9.75. The summed E-state index contributed by atoms with van der Waals surface area (Å²) in [6.07, 6.45) is 3.04. The molecule has 1 amide bonds. The molecular weight excluding hydrogens is 382 g/mol. The smallest absolute Gasteiger partial charge is 0.257 e. The zero-order valence-corrected chi connectivity index (χ0v) is 18.3. The number of rotatable bonds is 4. The average molecular weight is 408 g/mol. The fraction of sp³-hybridized carbons (Fsp3) is 0.455. The SMILES string of the molecule is CCc1cc(C#N)c(NC(=O)c2cc(C3CC3)nc3c2c(C)nn3C(C)(C)C)s1. The Morgan fingerprint density at radius 1 is 1.38 bits per heavy atom. The summed E-state index contributed by atoms with van der Waals surface area (Å²) in [6, 6.07) is 5.95. The lowest BCUT2D eigenvalue weighted by molar-refractivity contribution is 0.102. The fourth-order valence-electron chi connectivity index (χ4n) is 3.51. The van der Waals surface area contributed by atoms with Gasteiger partial charge in [0.2, 0.25) is 0 Å². The molecule has 3 aromatic rings. The maximum Gasteiger partial charge on any atom is 0.257 e. The van der Waals surface area contributed by atoms with Crippen LogP contribution in [-0.4, -0.2) is 20.7 Å². The molecule has 0 aliphatic heterocycles. The number of carbonyl (C=O) groups excluding carboxylic acids is 1. The molecular formula is C22H25N5OS. The lowest BCUT2D eigenvalue weighted by Gasteiger charge is -2.20. The predicted molar refractivity (Wildman–Crippen MR) is 116 cm³/mol. The molecule has 1 fully saturated rings. The largest absolute Gasteiger partial charge is 0.312 e. The van der Waals surface area contributed by atoms with E-state index in [9.17, 15) is 10.1 Å². The van der Waals surface area contributed by atoms with Crippen molar-refractivity contribution < 1.29 is 4.79 Å². The number of hydrogen-bond acceptors (Lipinski definition) is 5. The Hall–Kier alpha value is -2.72. The minimum Gasteiger partial charge on any atom is -0.312 e. The summed E-state index contributed by atoms with van der Waals surface area (Å²) in [6.45, 7) is 10.2.